The molecule has 26 heavy (non-hydrogen) atoms. The molecule has 138 valence electrons. The number of nitrogens with zero attached hydrogens (tertiary/aromatic N) is 1. The van der Waals surface area contributed by atoms with Crippen LogP contribution in [0.4, 0.5) is 0 Å². The zero-order valence-corrected chi connectivity index (χ0v) is 15.6. The number of carbonyl (C=O) groups is 3. The van der Waals surface area contributed by atoms with E-state index in [0.29, 0.717) is 17.1 Å². The fourth-order valence-corrected chi connectivity index (χ4v) is 2.68. The maximum absolute atomic E-state index is 12.1. The number of benzene rings is 1. The number of carbonyl (C=O) groups excluding carboxylic acids is 2. The summed E-state index contributed by atoms with van der Waals surface area (Å²) in [6.07, 6.45) is 0. The predicted octanol–water partition coefficient (Wildman–Crippen LogP) is 2.43. The number of aromatic nitrogens is 1. The van der Waals surface area contributed by atoms with E-state index in [1.54, 1.807) is 24.3 Å². The maximum atomic E-state index is 12.1. The van der Waals surface area contributed by atoms with Gasteiger partial charge in [0, 0.05) is 22.9 Å². The number of aromatic carboxylic acids is 1. The molecule has 0 atom stereocenters. The van der Waals surface area contributed by atoms with Crippen molar-refractivity contribution in [2.45, 2.75) is 33.9 Å². The van der Waals surface area contributed by atoms with E-state index < -0.39 is 11.4 Å². The van der Waals surface area contributed by atoms with Gasteiger partial charge in [0.25, 0.3) is 5.91 Å². The Morgan fingerprint density at radius 2 is 1.73 bits per heavy atom. The Balaban J connectivity index is 1.87. The van der Waals surface area contributed by atoms with Crippen LogP contribution in [0.5, 0.6) is 0 Å². The van der Waals surface area contributed by atoms with Crippen LogP contribution in [0, 0.1) is 5.41 Å². The third-order valence-electron chi connectivity index (χ3n) is 3.52. The summed E-state index contributed by atoms with van der Waals surface area (Å²) in [5.41, 5.74) is 0.896. The number of nitrogens with one attached hydrogen (secondary N) is 2. The predicted molar refractivity (Wildman–Crippen MR) is 98.0 cm³/mol. The Morgan fingerprint density at radius 1 is 1.08 bits per heavy atom. The van der Waals surface area contributed by atoms with Gasteiger partial charge in [-0.1, -0.05) is 32.9 Å². The lowest BCUT2D eigenvalue weighted by atomic mass is 9.95. The molecule has 3 N–H and O–H groups in total. The normalized spacial score (nSPS) is 11.0. The fraction of sp³-hybridized carbons (Fsp3) is 0.333. The van der Waals surface area contributed by atoms with Gasteiger partial charge in [-0.2, -0.15) is 0 Å². The van der Waals surface area contributed by atoms with Crippen molar-refractivity contribution in [2.75, 3.05) is 0 Å². The van der Waals surface area contributed by atoms with Crippen LogP contribution in [0.1, 0.15) is 52.2 Å². The molecule has 0 aliphatic rings. The van der Waals surface area contributed by atoms with E-state index in [-0.39, 0.29) is 24.1 Å². The molecule has 0 aliphatic carbocycles. The Bertz CT molecular complexity index is 807. The molecule has 0 spiro atoms. The molecule has 2 amide bonds. The molecule has 1 aromatic heterocycles. The van der Waals surface area contributed by atoms with E-state index in [0.717, 1.165) is 5.56 Å². The number of hydrogen-bond acceptors (Lipinski definition) is 5. The van der Waals surface area contributed by atoms with Gasteiger partial charge in [0.2, 0.25) is 5.91 Å². The van der Waals surface area contributed by atoms with Crippen molar-refractivity contribution in [1.29, 1.82) is 0 Å². The number of rotatable bonds is 6. The average molecular weight is 375 g/mol. The van der Waals surface area contributed by atoms with Gasteiger partial charge < -0.3 is 15.7 Å². The molecule has 0 fully saturated rings. The van der Waals surface area contributed by atoms with E-state index >= 15 is 0 Å². The molecule has 0 saturated carbocycles. The molecule has 2 rings (SSSR count). The molecule has 1 heterocycles. The van der Waals surface area contributed by atoms with E-state index in [1.807, 2.05) is 20.8 Å². The molecule has 2 aromatic rings. The molecule has 0 aliphatic heterocycles. The van der Waals surface area contributed by atoms with Crippen LogP contribution >= 0.6 is 11.3 Å². The van der Waals surface area contributed by atoms with Crippen LogP contribution in [0.2, 0.25) is 0 Å². The van der Waals surface area contributed by atoms with Crippen LogP contribution in [0.15, 0.2) is 29.6 Å². The summed E-state index contributed by atoms with van der Waals surface area (Å²) >= 11 is 1.18. The van der Waals surface area contributed by atoms with Gasteiger partial charge in [-0.05, 0) is 17.7 Å². The Morgan fingerprint density at radius 3 is 2.27 bits per heavy atom. The van der Waals surface area contributed by atoms with Crippen LogP contribution in [0.3, 0.4) is 0 Å². The van der Waals surface area contributed by atoms with Gasteiger partial charge in [0.15, 0.2) is 5.69 Å². The number of amides is 2. The molecule has 7 nitrogen and oxygen atoms in total. The summed E-state index contributed by atoms with van der Waals surface area (Å²) in [6, 6.07) is 6.92. The van der Waals surface area contributed by atoms with Gasteiger partial charge in [0.1, 0.15) is 5.01 Å². The number of carboxylic acid groups (broad SMARTS) is 1. The van der Waals surface area contributed by atoms with Gasteiger partial charge in [-0.15, -0.1) is 11.3 Å². The van der Waals surface area contributed by atoms with Crippen molar-refractivity contribution in [3.8, 4) is 0 Å². The monoisotopic (exact) mass is 375 g/mol. The van der Waals surface area contributed by atoms with Crippen LogP contribution in [0.25, 0.3) is 0 Å². The van der Waals surface area contributed by atoms with Crippen molar-refractivity contribution in [3.05, 3.63) is 51.5 Å². The smallest absolute Gasteiger partial charge is 0.355 e. The molecule has 1 aromatic carbocycles. The van der Waals surface area contributed by atoms with Crippen molar-refractivity contribution in [1.82, 2.24) is 15.6 Å². The van der Waals surface area contributed by atoms with Crippen molar-refractivity contribution in [2.24, 2.45) is 5.41 Å². The minimum Gasteiger partial charge on any atom is -0.476 e. The van der Waals surface area contributed by atoms with Gasteiger partial charge in [-0.25, -0.2) is 9.78 Å². The van der Waals surface area contributed by atoms with Crippen LogP contribution in [-0.2, 0) is 17.9 Å². The lowest BCUT2D eigenvalue weighted by molar-refractivity contribution is -0.128. The zero-order valence-electron chi connectivity index (χ0n) is 14.8. The lowest BCUT2D eigenvalue weighted by Gasteiger charge is -2.17. The molecule has 8 heteroatoms. The number of carboxylic acids is 1. The summed E-state index contributed by atoms with van der Waals surface area (Å²) < 4.78 is 0. The van der Waals surface area contributed by atoms with E-state index in [4.69, 9.17) is 5.11 Å². The van der Waals surface area contributed by atoms with E-state index in [9.17, 15) is 14.4 Å². The third kappa shape index (κ3) is 5.38. The quantitative estimate of drug-likeness (QED) is 0.719. The van der Waals surface area contributed by atoms with Crippen LogP contribution in [-0.4, -0.2) is 27.9 Å². The minimum atomic E-state index is -1.09. The van der Waals surface area contributed by atoms with Crippen molar-refractivity contribution < 1.29 is 19.5 Å². The largest absolute Gasteiger partial charge is 0.476 e. The first-order valence-corrected chi connectivity index (χ1v) is 8.88. The topological polar surface area (TPSA) is 108 Å². The lowest BCUT2D eigenvalue weighted by Crippen LogP contribution is -2.34. The molecule has 0 radical (unpaired) electrons. The standard InChI is InChI=1S/C18H21N3O4S/c1-18(2,3)17(25)20-8-11-4-6-12(7-5-11)15(22)19-9-14-21-13(10-26-14)16(23)24/h4-7,10H,8-9H2,1-3H3,(H,19,22)(H,20,25)(H,23,24). The van der Waals surface area contributed by atoms with E-state index in [1.165, 1.54) is 16.7 Å². The fourth-order valence-electron chi connectivity index (χ4n) is 1.97. The SMILES string of the molecule is CC(C)(C)C(=O)NCc1ccc(C(=O)NCc2nc(C(=O)O)cs2)cc1. The van der Waals surface area contributed by atoms with Gasteiger partial charge in [-0.3, -0.25) is 9.59 Å². The Hall–Kier alpha value is -2.74. The van der Waals surface area contributed by atoms with E-state index in [2.05, 4.69) is 15.6 Å². The van der Waals surface area contributed by atoms with Gasteiger partial charge >= 0.3 is 5.97 Å². The van der Waals surface area contributed by atoms with Crippen molar-refractivity contribution >= 4 is 29.1 Å². The minimum absolute atomic E-state index is 0.0269. The highest BCUT2D eigenvalue weighted by molar-refractivity contribution is 7.09. The second-order valence-corrected chi connectivity index (χ2v) is 7.69. The molecule has 0 bridgehead atoms. The molecular formula is C18H21N3O4S. The summed E-state index contributed by atoms with van der Waals surface area (Å²) in [4.78, 5) is 38.7. The summed E-state index contributed by atoms with van der Waals surface area (Å²) in [5.74, 6) is -1.40. The summed E-state index contributed by atoms with van der Waals surface area (Å²) in [5, 5.41) is 16.3. The number of hydrogen-bond donors (Lipinski definition) is 3. The second kappa shape index (κ2) is 8.09. The first-order chi connectivity index (χ1) is 12.2. The highest BCUT2D eigenvalue weighted by Gasteiger charge is 2.20. The molecule has 0 unspecified atom stereocenters. The number of thiazole rings is 1. The summed E-state index contributed by atoms with van der Waals surface area (Å²) in [7, 11) is 0. The zero-order chi connectivity index (χ0) is 19.3. The second-order valence-electron chi connectivity index (χ2n) is 6.74. The third-order valence-corrected chi connectivity index (χ3v) is 4.37. The Kier molecular flexibility index (Phi) is 6.10. The van der Waals surface area contributed by atoms with Crippen molar-refractivity contribution in [3.63, 3.8) is 0 Å². The maximum Gasteiger partial charge on any atom is 0.355 e. The first-order valence-electron chi connectivity index (χ1n) is 8.00. The first kappa shape index (κ1) is 19.6. The highest BCUT2D eigenvalue weighted by Crippen LogP contribution is 2.13. The summed E-state index contributed by atoms with van der Waals surface area (Å²) in [6.45, 7) is 6.10. The molecular weight excluding hydrogens is 354 g/mol. The molecule has 0 saturated heterocycles. The Labute approximate surface area is 155 Å². The van der Waals surface area contributed by atoms with Crippen LogP contribution < -0.4 is 10.6 Å². The highest BCUT2D eigenvalue weighted by atomic mass is 32.1. The average Bonchev–Trinajstić information content (AvgIpc) is 3.06. The van der Waals surface area contributed by atoms with Gasteiger partial charge in [0.05, 0.1) is 6.54 Å².